The molecule has 0 saturated carbocycles. The minimum Gasteiger partial charge on any atom is -0.356 e. The average molecular weight is 278 g/mol. The summed E-state index contributed by atoms with van der Waals surface area (Å²) in [6.07, 6.45) is 4.81. The van der Waals surface area contributed by atoms with Gasteiger partial charge >= 0.3 is 0 Å². The summed E-state index contributed by atoms with van der Waals surface area (Å²) in [6, 6.07) is 2.04. The molecule has 0 aliphatic carbocycles. The Labute approximate surface area is 119 Å². The molecule has 2 amide bonds. The number of hydrogen-bond acceptors (Lipinski definition) is 3. The molecular formula is C14H22N4O2. The van der Waals surface area contributed by atoms with Gasteiger partial charge in [-0.05, 0) is 26.3 Å². The standard InChI is InChI=1S/C14H22N4O2/c1-11(2)18-10-12(9-13(18)19)14(20)15-5-3-7-17-8-4-6-16-17/h4,6,8,11-12H,3,5,7,9-10H2,1-2H3,(H,15,20)/t12-/m1/s1. The molecule has 1 saturated heterocycles. The highest BCUT2D eigenvalue weighted by Gasteiger charge is 2.35. The molecule has 0 spiro atoms. The van der Waals surface area contributed by atoms with E-state index in [9.17, 15) is 9.59 Å². The molecule has 110 valence electrons. The summed E-state index contributed by atoms with van der Waals surface area (Å²) >= 11 is 0. The Morgan fingerprint density at radius 1 is 1.55 bits per heavy atom. The Balaban J connectivity index is 1.69. The number of carbonyl (C=O) groups is 2. The predicted molar refractivity (Wildman–Crippen MR) is 74.8 cm³/mol. The lowest BCUT2D eigenvalue weighted by atomic mass is 10.1. The predicted octanol–water partition coefficient (Wildman–Crippen LogP) is 0.646. The van der Waals surface area contributed by atoms with Crippen LogP contribution in [0.1, 0.15) is 26.7 Å². The minimum atomic E-state index is -0.199. The molecule has 0 aromatic carbocycles. The molecule has 0 unspecified atom stereocenters. The topological polar surface area (TPSA) is 67.2 Å². The summed E-state index contributed by atoms with van der Waals surface area (Å²) in [5, 5.41) is 7.01. The molecule has 1 atom stereocenters. The lowest BCUT2D eigenvalue weighted by Crippen LogP contribution is -2.36. The molecule has 0 radical (unpaired) electrons. The van der Waals surface area contributed by atoms with Crippen LogP contribution in [0.5, 0.6) is 0 Å². The Morgan fingerprint density at radius 3 is 2.95 bits per heavy atom. The van der Waals surface area contributed by atoms with Crippen LogP contribution >= 0.6 is 0 Å². The fourth-order valence-electron chi connectivity index (χ4n) is 2.44. The summed E-state index contributed by atoms with van der Waals surface area (Å²) < 4.78 is 1.84. The number of hydrogen-bond donors (Lipinski definition) is 1. The van der Waals surface area contributed by atoms with Crippen LogP contribution in [0.4, 0.5) is 0 Å². The number of carbonyl (C=O) groups excluding carboxylic acids is 2. The van der Waals surface area contributed by atoms with Crippen molar-refractivity contribution in [3.63, 3.8) is 0 Å². The summed E-state index contributed by atoms with van der Waals surface area (Å²) in [5.74, 6) is -0.131. The van der Waals surface area contributed by atoms with Crippen molar-refractivity contribution in [3.8, 4) is 0 Å². The van der Waals surface area contributed by atoms with Crippen molar-refractivity contribution in [3.05, 3.63) is 18.5 Å². The first-order valence-corrected chi connectivity index (χ1v) is 7.12. The van der Waals surface area contributed by atoms with Crippen LogP contribution in [0.15, 0.2) is 18.5 Å². The first-order chi connectivity index (χ1) is 9.58. The lowest BCUT2D eigenvalue weighted by molar-refractivity contribution is -0.129. The maximum Gasteiger partial charge on any atom is 0.225 e. The van der Waals surface area contributed by atoms with Gasteiger partial charge in [0.15, 0.2) is 0 Å². The second kappa shape index (κ2) is 6.54. The molecule has 1 aromatic rings. The van der Waals surface area contributed by atoms with Crippen LogP contribution < -0.4 is 5.32 Å². The fourth-order valence-corrected chi connectivity index (χ4v) is 2.44. The van der Waals surface area contributed by atoms with Crippen LogP contribution in [0.25, 0.3) is 0 Å². The van der Waals surface area contributed by atoms with Gasteiger partial charge < -0.3 is 10.2 Å². The molecule has 1 aliphatic heterocycles. The Bertz CT molecular complexity index is 456. The Morgan fingerprint density at radius 2 is 2.35 bits per heavy atom. The number of nitrogens with zero attached hydrogens (tertiary/aromatic N) is 3. The van der Waals surface area contributed by atoms with E-state index in [1.165, 1.54) is 0 Å². The van der Waals surface area contributed by atoms with E-state index in [4.69, 9.17) is 0 Å². The van der Waals surface area contributed by atoms with Gasteiger partial charge in [0.05, 0.1) is 5.92 Å². The van der Waals surface area contributed by atoms with Crippen molar-refractivity contribution < 1.29 is 9.59 Å². The van der Waals surface area contributed by atoms with E-state index < -0.39 is 0 Å². The minimum absolute atomic E-state index is 0.0121. The zero-order valence-electron chi connectivity index (χ0n) is 12.1. The quantitative estimate of drug-likeness (QED) is 0.777. The normalized spacial score (nSPS) is 18.9. The molecule has 6 nitrogen and oxygen atoms in total. The highest BCUT2D eigenvalue weighted by molar-refractivity contribution is 5.89. The van der Waals surface area contributed by atoms with Gasteiger partial charge in [0.1, 0.15) is 0 Å². The molecule has 0 bridgehead atoms. The summed E-state index contributed by atoms with van der Waals surface area (Å²) in [6.45, 7) is 5.89. The van der Waals surface area contributed by atoms with Gasteiger partial charge in [0.25, 0.3) is 0 Å². The molecule has 20 heavy (non-hydrogen) atoms. The Kier molecular flexibility index (Phi) is 4.76. The van der Waals surface area contributed by atoms with Crippen molar-refractivity contribution >= 4 is 11.8 Å². The van der Waals surface area contributed by atoms with Crippen molar-refractivity contribution in [1.82, 2.24) is 20.0 Å². The van der Waals surface area contributed by atoms with Gasteiger partial charge in [0, 0.05) is 44.5 Å². The zero-order chi connectivity index (χ0) is 14.5. The summed E-state index contributed by atoms with van der Waals surface area (Å²) in [5.41, 5.74) is 0. The van der Waals surface area contributed by atoms with Gasteiger partial charge in [-0.15, -0.1) is 0 Å². The number of aryl methyl sites for hydroxylation is 1. The van der Waals surface area contributed by atoms with Crippen molar-refractivity contribution in [2.75, 3.05) is 13.1 Å². The highest BCUT2D eigenvalue weighted by atomic mass is 16.2. The third kappa shape index (κ3) is 3.59. The maximum absolute atomic E-state index is 12.0. The van der Waals surface area contributed by atoms with E-state index in [-0.39, 0.29) is 23.8 Å². The van der Waals surface area contributed by atoms with Crippen molar-refractivity contribution in [2.45, 2.75) is 39.3 Å². The van der Waals surface area contributed by atoms with Gasteiger partial charge in [0.2, 0.25) is 11.8 Å². The van der Waals surface area contributed by atoms with E-state index in [2.05, 4.69) is 10.4 Å². The SMILES string of the molecule is CC(C)N1C[C@H](C(=O)NCCCn2cccn2)CC1=O. The third-order valence-corrected chi connectivity index (χ3v) is 3.57. The monoisotopic (exact) mass is 278 g/mol. The molecule has 1 fully saturated rings. The third-order valence-electron chi connectivity index (χ3n) is 3.57. The van der Waals surface area contributed by atoms with E-state index >= 15 is 0 Å². The van der Waals surface area contributed by atoms with Gasteiger partial charge in [-0.3, -0.25) is 14.3 Å². The highest BCUT2D eigenvalue weighted by Crippen LogP contribution is 2.20. The number of aromatic nitrogens is 2. The molecule has 1 aromatic heterocycles. The van der Waals surface area contributed by atoms with E-state index in [0.717, 1.165) is 13.0 Å². The smallest absolute Gasteiger partial charge is 0.225 e. The summed E-state index contributed by atoms with van der Waals surface area (Å²) in [7, 11) is 0. The van der Waals surface area contributed by atoms with Crippen LogP contribution in [0, 0.1) is 5.92 Å². The average Bonchev–Trinajstić information content (AvgIpc) is 3.03. The lowest BCUT2D eigenvalue weighted by Gasteiger charge is -2.20. The van der Waals surface area contributed by atoms with Gasteiger partial charge in [-0.2, -0.15) is 5.10 Å². The van der Waals surface area contributed by atoms with Gasteiger partial charge in [-0.1, -0.05) is 0 Å². The molecule has 6 heteroatoms. The van der Waals surface area contributed by atoms with E-state index in [0.29, 0.717) is 19.5 Å². The van der Waals surface area contributed by atoms with Crippen LogP contribution in [0.3, 0.4) is 0 Å². The molecule has 2 heterocycles. The molecule has 1 N–H and O–H groups in total. The number of amides is 2. The fraction of sp³-hybridized carbons (Fsp3) is 0.643. The number of nitrogens with one attached hydrogen (secondary N) is 1. The van der Waals surface area contributed by atoms with Crippen molar-refractivity contribution in [2.24, 2.45) is 5.92 Å². The van der Waals surface area contributed by atoms with Crippen LogP contribution in [0.2, 0.25) is 0 Å². The zero-order valence-corrected chi connectivity index (χ0v) is 12.1. The first-order valence-electron chi connectivity index (χ1n) is 7.12. The Hall–Kier alpha value is -1.85. The second-order valence-electron chi connectivity index (χ2n) is 5.45. The summed E-state index contributed by atoms with van der Waals surface area (Å²) in [4.78, 5) is 25.5. The number of likely N-dealkylation sites (tertiary alicyclic amines) is 1. The second-order valence-corrected chi connectivity index (χ2v) is 5.45. The van der Waals surface area contributed by atoms with E-state index in [1.807, 2.05) is 30.8 Å². The van der Waals surface area contributed by atoms with Crippen LogP contribution in [-0.2, 0) is 16.1 Å². The van der Waals surface area contributed by atoms with E-state index in [1.54, 1.807) is 11.1 Å². The first kappa shape index (κ1) is 14.6. The molecule has 1 aliphatic rings. The largest absolute Gasteiger partial charge is 0.356 e. The van der Waals surface area contributed by atoms with Gasteiger partial charge in [-0.25, -0.2) is 0 Å². The maximum atomic E-state index is 12.0. The number of rotatable bonds is 6. The van der Waals surface area contributed by atoms with Crippen LogP contribution in [-0.4, -0.2) is 45.6 Å². The molecule has 2 rings (SSSR count). The van der Waals surface area contributed by atoms with Crippen molar-refractivity contribution in [1.29, 1.82) is 0 Å². The molecular weight excluding hydrogens is 256 g/mol.